The van der Waals surface area contributed by atoms with Gasteiger partial charge in [-0.25, -0.2) is 4.79 Å². The van der Waals surface area contributed by atoms with Gasteiger partial charge in [-0.15, -0.1) is 0 Å². The zero-order valence-corrected chi connectivity index (χ0v) is 14.9. The lowest BCUT2D eigenvalue weighted by Gasteiger charge is -2.23. The van der Waals surface area contributed by atoms with Crippen molar-refractivity contribution >= 4 is 17.6 Å². The summed E-state index contributed by atoms with van der Waals surface area (Å²) < 4.78 is 5.32. The second-order valence-electron chi connectivity index (χ2n) is 6.14. The molecule has 0 saturated heterocycles. The van der Waals surface area contributed by atoms with Gasteiger partial charge < -0.3 is 20.3 Å². The molecule has 0 spiro atoms. The van der Waals surface area contributed by atoms with Gasteiger partial charge in [-0.3, -0.25) is 9.78 Å². The molecule has 0 bridgehead atoms. The van der Waals surface area contributed by atoms with Gasteiger partial charge in [0.2, 0.25) is 0 Å². The summed E-state index contributed by atoms with van der Waals surface area (Å²) >= 11 is 0. The van der Waals surface area contributed by atoms with E-state index in [1.54, 1.807) is 42.5 Å². The van der Waals surface area contributed by atoms with Crippen molar-refractivity contribution in [3.63, 3.8) is 0 Å². The van der Waals surface area contributed by atoms with Crippen molar-refractivity contribution in [2.24, 2.45) is 0 Å². The van der Waals surface area contributed by atoms with Crippen LogP contribution in [0.5, 0.6) is 5.75 Å². The number of anilines is 1. The Bertz CT molecular complexity index is 791. The van der Waals surface area contributed by atoms with Gasteiger partial charge in [0, 0.05) is 37.6 Å². The van der Waals surface area contributed by atoms with Crippen molar-refractivity contribution in [1.82, 2.24) is 15.2 Å². The van der Waals surface area contributed by atoms with E-state index >= 15 is 0 Å². The Kier molecular flexibility index (Phi) is 5.36. The summed E-state index contributed by atoms with van der Waals surface area (Å²) in [5, 5.41) is 5.46. The minimum absolute atomic E-state index is 0.211. The molecule has 0 atom stereocenters. The molecule has 7 heteroatoms. The molecule has 1 aromatic heterocycles. The molecular formula is C19H22N4O3. The number of ether oxygens (including phenoxy) is 1. The van der Waals surface area contributed by atoms with Crippen molar-refractivity contribution in [1.29, 1.82) is 0 Å². The SMILES string of the molecule is CNC(=O)c1ccc(OC)c(NC(=O)N(Cc2ccncc2)C2CC2)c1. The quantitative estimate of drug-likeness (QED) is 0.835. The number of rotatable bonds is 6. The van der Waals surface area contributed by atoms with E-state index in [4.69, 9.17) is 4.74 Å². The summed E-state index contributed by atoms with van der Waals surface area (Å²) in [4.78, 5) is 30.5. The van der Waals surface area contributed by atoms with Crippen molar-refractivity contribution in [2.45, 2.75) is 25.4 Å². The van der Waals surface area contributed by atoms with E-state index in [0.29, 0.717) is 23.5 Å². The maximum Gasteiger partial charge on any atom is 0.322 e. The van der Waals surface area contributed by atoms with E-state index in [9.17, 15) is 9.59 Å². The van der Waals surface area contributed by atoms with Crippen LogP contribution in [0.15, 0.2) is 42.7 Å². The number of carbonyl (C=O) groups is 2. The fraction of sp³-hybridized carbons (Fsp3) is 0.316. The molecule has 1 aliphatic carbocycles. The number of nitrogens with zero attached hydrogens (tertiary/aromatic N) is 2. The first-order valence-electron chi connectivity index (χ1n) is 8.49. The summed E-state index contributed by atoms with van der Waals surface area (Å²) in [6, 6.07) is 8.76. The number of methoxy groups -OCH3 is 1. The third-order valence-corrected chi connectivity index (χ3v) is 4.28. The second-order valence-corrected chi connectivity index (χ2v) is 6.14. The van der Waals surface area contributed by atoms with E-state index < -0.39 is 0 Å². The lowest BCUT2D eigenvalue weighted by molar-refractivity contribution is 0.0963. The largest absolute Gasteiger partial charge is 0.495 e. The predicted molar refractivity (Wildman–Crippen MR) is 98.2 cm³/mol. The van der Waals surface area contributed by atoms with Crippen molar-refractivity contribution in [2.75, 3.05) is 19.5 Å². The third-order valence-electron chi connectivity index (χ3n) is 4.28. The van der Waals surface area contributed by atoms with E-state index in [2.05, 4.69) is 15.6 Å². The normalized spacial score (nSPS) is 13.0. The highest BCUT2D eigenvalue weighted by Crippen LogP contribution is 2.31. The van der Waals surface area contributed by atoms with Crippen LogP contribution in [-0.4, -0.2) is 42.0 Å². The van der Waals surface area contributed by atoms with Gasteiger partial charge in [-0.05, 0) is 48.7 Å². The van der Waals surface area contributed by atoms with Crippen LogP contribution in [0.25, 0.3) is 0 Å². The van der Waals surface area contributed by atoms with E-state index in [1.165, 1.54) is 7.11 Å². The lowest BCUT2D eigenvalue weighted by atomic mass is 10.1. The van der Waals surface area contributed by atoms with Gasteiger partial charge in [-0.2, -0.15) is 0 Å². The average molecular weight is 354 g/mol. The minimum Gasteiger partial charge on any atom is -0.495 e. The minimum atomic E-state index is -0.223. The maximum atomic E-state index is 12.9. The van der Waals surface area contributed by atoms with Crippen LogP contribution in [0.2, 0.25) is 0 Å². The molecule has 26 heavy (non-hydrogen) atoms. The average Bonchev–Trinajstić information content (AvgIpc) is 3.51. The Balaban J connectivity index is 1.79. The Morgan fingerprint density at radius 3 is 2.58 bits per heavy atom. The molecular weight excluding hydrogens is 332 g/mol. The zero-order valence-electron chi connectivity index (χ0n) is 14.9. The standard InChI is InChI=1S/C19H22N4O3/c1-20-18(24)14-3-6-17(26-2)16(11-14)22-19(25)23(15-4-5-15)12-13-7-9-21-10-8-13/h3,6-11,15H,4-5,12H2,1-2H3,(H,20,24)(H,22,25). The van der Waals surface area contributed by atoms with E-state index in [-0.39, 0.29) is 18.0 Å². The van der Waals surface area contributed by atoms with Crippen molar-refractivity contribution in [3.05, 3.63) is 53.9 Å². The summed E-state index contributed by atoms with van der Waals surface area (Å²) in [7, 11) is 3.09. The van der Waals surface area contributed by atoms with E-state index in [0.717, 1.165) is 18.4 Å². The molecule has 1 saturated carbocycles. The van der Waals surface area contributed by atoms with Gasteiger partial charge in [0.25, 0.3) is 5.91 Å². The molecule has 3 amide bonds. The first kappa shape index (κ1) is 17.7. The van der Waals surface area contributed by atoms with Gasteiger partial charge in [-0.1, -0.05) is 0 Å². The Hall–Kier alpha value is -3.09. The van der Waals surface area contributed by atoms with Crippen LogP contribution in [-0.2, 0) is 6.54 Å². The Morgan fingerprint density at radius 2 is 1.96 bits per heavy atom. The van der Waals surface area contributed by atoms with Crippen LogP contribution in [0.3, 0.4) is 0 Å². The van der Waals surface area contributed by atoms with Crippen molar-refractivity contribution < 1.29 is 14.3 Å². The van der Waals surface area contributed by atoms with E-state index in [1.807, 2.05) is 12.1 Å². The molecule has 136 valence electrons. The first-order chi connectivity index (χ1) is 12.6. The number of aromatic nitrogens is 1. The Labute approximate surface area is 152 Å². The molecule has 1 heterocycles. The number of amides is 3. The molecule has 2 aromatic rings. The zero-order chi connectivity index (χ0) is 18.5. The third kappa shape index (κ3) is 4.11. The smallest absolute Gasteiger partial charge is 0.322 e. The summed E-state index contributed by atoms with van der Waals surface area (Å²) in [5.41, 5.74) is 1.95. The maximum absolute atomic E-state index is 12.9. The predicted octanol–water partition coefficient (Wildman–Crippen LogP) is 2.65. The fourth-order valence-electron chi connectivity index (χ4n) is 2.72. The van der Waals surface area contributed by atoms with Crippen LogP contribution < -0.4 is 15.4 Å². The molecule has 2 N–H and O–H groups in total. The topological polar surface area (TPSA) is 83.6 Å². The number of hydrogen-bond acceptors (Lipinski definition) is 4. The Morgan fingerprint density at radius 1 is 1.23 bits per heavy atom. The number of pyridine rings is 1. The molecule has 3 rings (SSSR count). The van der Waals surface area contributed by atoms with Crippen LogP contribution in [0, 0.1) is 0 Å². The van der Waals surface area contributed by atoms with Crippen LogP contribution in [0.4, 0.5) is 10.5 Å². The monoisotopic (exact) mass is 354 g/mol. The number of carbonyl (C=O) groups excluding carboxylic acids is 2. The molecule has 1 aliphatic rings. The molecule has 7 nitrogen and oxygen atoms in total. The molecule has 0 aliphatic heterocycles. The molecule has 1 fully saturated rings. The number of benzene rings is 1. The highest BCUT2D eigenvalue weighted by molar-refractivity contribution is 5.98. The summed E-state index contributed by atoms with van der Waals surface area (Å²) in [6.07, 6.45) is 5.42. The number of nitrogens with one attached hydrogen (secondary N) is 2. The number of urea groups is 1. The summed E-state index contributed by atoms with van der Waals surface area (Å²) in [6.45, 7) is 0.510. The lowest BCUT2D eigenvalue weighted by Crippen LogP contribution is -2.36. The highest BCUT2D eigenvalue weighted by atomic mass is 16.5. The van der Waals surface area contributed by atoms with Gasteiger partial charge in [0.15, 0.2) is 0 Å². The highest BCUT2D eigenvalue weighted by Gasteiger charge is 2.33. The number of hydrogen-bond donors (Lipinski definition) is 2. The van der Waals surface area contributed by atoms with Gasteiger partial charge in [0.1, 0.15) is 5.75 Å². The fourth-order valence-corrected chi connectivity index (χ4v) is 2.72. The molecule has 0 unspecified atom stereocenters. The molecule has 1 aromatic carbocycles. The van der Waals surface area contributed by atoms with Gasteiger partial charge in [0.05, 0.1) is 12.8 Å². The van der Waals surface area contributed by atoms with Crippen LogP contribution in [0.1, 0.15) is 28.8 Å². The molecule has 0 radical (unpaired) electrons. The second kappa shape index (κ2) is 7.86. The van der Waals surface area contributed by atoms with Gasteiger partial charge >= 0.3 is 6.03 Å². The first-order valence-corrected chi connectivity index (χ1v) is 8.49. The van der Waals surface area contributed by atoms with Crippen LogP contribution >= 0.6 is 0 Å². The summed E-state index contributed by atoms with van der Waals surface area (Å²) in [5.74, 6) is 0.282. The van der Waals surface area contributed by atoms with Crippen molar-refractivity contribution in [3.8, 4) is 5.75 Å².